The quantitative estimate of drug-likeness (QED) is 0.794. The second-order valence-electron chi connectivity index (χ2n) is 4.93. The molecule has 3 nitrogen and oxygen atoms in total. The van der Waals surface area contributed by atoms with E-state index in [4.69, 9.17) is 4.79 Å². The molecule has 3 rings (SSSR count). The minimum absolute atomic E-state index is 0.0650. The lowest BCUT2D eigenvalue weighted by Gasteiger charge is -2.21. The molecule has 0 aromatic heterocycles. The fourth-order valence-corrected chi connectivity index (χ4v) is 2.58. The van der Waals surface area contributed by atoms with E-state index in [1.165, 1.54) is 12.5 Å². The van der Waals surface area contributed by atoms with E-state index >= 15 is 0 Å². The molecule has 0 bridgehead atoms. The molecule has 0 saturated carbocycles. The van der Waals surface area contributed by atoms with Crippen LogP contribution in [0.4, 0.5) is 5.69 Å². The van der Waals surface area contributed by atoms with Crippen molar-refractivity contribution >= 4 is 17.8 Å². The molecular formula is C18H19NO2. The molecule has 1 atom stereocenters. The SMILES string of the molecule is CC=O.CN1c2ccccc2C(=O)C1Cc1ccccc1. The molecule has 0 saturated heterocycles. The summed E-state index contributed by atoms with van der Waals surface area (Å²) in [4.78, 5) is 23.3. The molecule has 1 heterocycles. The lowest BCUT2D eigenvalue weighted by molar-refractivity contribution is -0.106. The molecule has 1 aliphatic heterocycles. The molecule has 2 aromatic rings. The van der Waals surface area contributed by atoms with E-state index in [2.05, 4.69) is 17.0 Å². The molecular weight excluding hydrogens is 262 g/mol. The molecule has 0 amide bonds. The molecule has 1 unspecified atom stereocenters. The zero-order chi connectivity index (χ0) is 15.2. The third kappa shape index (κ3) is 3.19. The van der Waals surface area contributed by atoms with Crippen LogP contribution in [-0.2, 0) is 11.2 Å². The van der Waals surface area contributed by atoms with Crippen LogP contribution in [0.3, 0.4) is 0 Å². The summed E-state index contributed by atoms with van der Waals surface area (Å²) in [6.07, 6.45) is 1.52. The maximum atomic E-state index is 12.4. The van der Waals surface area contributed by atoms with Crippen LogP contribution in [-0.4, -0.2) is 25.2 Å². The molecule has 0 spiro atoms. The zero-order valence-electron chi connectivity index (χ0n) is 12.3. The zero-order valence-corrected chi connectivity index (χ0v) is 12.3. The normalized spacial score (nSPS) is 16.0. The number of aldehydes is 1. The lowest BCUT2D eigenvalue weighted by atomic mass is 10.0. The Morgan fingerprint density at radius 3 is 2.24 bits per heavy atom. The van der Waals surface area contributed by atoms with Gasteiger partial charge in [-0.05, 0) is 24.6 Å². The molecule has 108 valence electrons. The first-order valence-corrected chi connectivity index (χ1v) is 6.98. The molecule has 0 fully saturated rings. The van der Waals surface area contributed by atoms with Gasteiger partial charge in [-0.1, -0.05) is 42.5 Å². The van der Waals surface area contributed by atoms with Crippen LogP contribution in [0.2, 0.25) is 0 Å². The highest BCUT2D eigenvalue weighted by Crippen LogP contribution is 2.31. The minimum Gasteiger partial charge on any atom is -0.363 e. The van der Waals surface area contributed by atoms with E-state index in [0.29, 0.717) is 0 Å². The van der Waals surface area contributed by atoms with Crippen LogP contribution in [0.15, 0.2) is 54.6 Å². The van der Waals surface area contributed by atoms with Gasteiger partial charge in [0.05, 0.1) is 6.04 Å². The summed E-state index contributed by atoms with van der Waals surface area (Å²) in [5.74, 6) is 0.233. The number of nitrogens with zero attached hydrogens (tertiary/aromatic N) is 1. The van der Waals surface area contributed by atoms with Crippen LogP contribution >= 0.6 is 0 Å². The van der Waals surface area contributed by atoms with Crippen molar-refractivity contribution in [3.63, 3.8) is 0 Å². The van der Waals surface area contributed by atoms with Crippen LogP contribution in [0.1, 0.15) is 22.8 Å². The van der Waals surface area contributed by atoms with Crippen molar-refractivity contribution in [2.24, 2.45) is 0 Å². The van der Waals surface area contributed by atoms with E-state index in [0.717, 1.165) is 24.0 Å². The highest BCUT2D eigenvalue weighted by atomic mass is 16.1. The van der Waals surface area contributed by atoms with Crippen molar-refractivity contribution in [2.45, 2.75) is 19.4 Å². The number of Topliss-reactive ketones (excluding diaryl/α,β-unsaturated/α-hetero) is 1. The average molecular weight is 281 g/mol. The van der Waals surface area contributed by atoms with Gasteiger partial charge in [0.2, 0.25) is 0 Å². The first-order valence-electron chi connectivity index (χ1n) is 6.98. The van der Waals surface area contributed by atoms with E-state index in [9.17, 15) is 4.79 Å². The van der Waals surface area contributed by atoms with E-state index in [1.54, 1.807) is 0 Å². The van der Waals surface area contributed by atoms with Gasteiger partial charge in [0, 0.05) is 24.7 Å². The number of hydrogen-bond acceptors (Lipinski definition) is 3. The summed E-state index contributed by atoms with van der Waals surface area (Å²) in [6.45, 7) is 1.44. The van der Waals surface area contributed by atoms with Crippen molar-refractivity contribution < 1.29 is 9.59 Å². The lowest BCUT2D eigenvalue weighted by Crippen LogP contribution is -2.33. The number of carbonyl (C=O) groups excluding carboxylic acids is 2. The second kappa shape index (κ2) is 6.84. The summed E-state index contributed by atoms with van der Waals surface area (Å²) in [6, 6.07) is 17.9. The van der Waals surface area contributed by atoms with E-state index < -0.39 is 0 Å². The number of fused-ring (bicyclic) bond motifs is 1. The molecule has 0 aliphatic carbocycles. The van der Waals surface area contributed by atoms with Gasteiger partial charge in [0.25, 0.3) is 0 Å². The summed E-state index contributed by atoms with van der Waals surface area (Å²) in [5, 5.41) is 0. The summed E-state index contributed by atoms with van der Waals surface area (Å²) in [5.41, 5.74) is 3.10. The Hall–Kier alpha value is -2.42. The highest BCUT2D eigenvalue weighted by molar-refractivity contribution is 6.10. The number of hydrogen-bond donors (Lipinski definition) is 0. The summed E-state index contributed by atoms with van der Waals surface area (Å²) >= 11 is 0. The summed E-state index contributed by atoms with van der Waals surface area (Å²) in [7, 11) is 2.00. The second-order valence-corrected chi connectivity index (χ2v) is 4.93. The number of anilines is 1. The molecule has 1 aliphatic rings. The smallest absolute Gasteiger partial charge is 0.187 e. The third-order valence-electron chi connectivity index (χ3n) is 3.59. The Labute approximate surface area is 125 Å². The number of para-hydroxylation sites is 1. The van der Waals surface area contributed by atoms with Gasteiger partial charge in [0.1, 0.15) is 6.29 Å². The Balaban J connectivity index is 0.000000497. The Kier molecular flexibility index (Phi) is 4.88. The fourth-order valence-electron chi connectivity index (χ4n) is 2.58. The Morgan fingerprint density at radius 2 is 1.62 bits per heavy atom. The van der Waals surface area contributed by atoms with Crippen LogP contribution in [0, 0.1) is 0 Å². The first kappa shape index (κ1) is 15.0. The number of ketones is 1. The van der Waals surface area contributed by atoms with E-state index in [1.807, 2.05) is 49.5 Å². The predicted molar refractivity (Wildman–Crippen MR) is 84.8 cm³/mol. The molecule has 3 heteroatoms. The van der Waals surface area contributed by atoms with Gasteiger partial charge in [0.15, 0.2) is 5.78 Å². The van der Waals surface area contributed by atoms with Gasteiger partial charge < -0.3 is 9.69 Å². The Morgan fingerprint density at radius 1 is 1.05 bits per heavy atom. The van der Waals surface area contributed by atoms with Crippen molar-refractivity contribution in [1.29, 1.82) is 0 Å². The standard InChI is InChI=1S/C16H15NO.C2H4O/c1-17-14-10-6-5-9-13(14)16(18)15(17)11-12-7-3-2-4-8-12;1-2-3/h2-10,15H,11H2,1H3;2H,1H3. The topological polar surface area (TPSA) is 37.4 Å². The molecule has 0 radical (unpaired) electrons. The van der Waals surface area contributed by atoms with Gasteiger partial charge >= 0.3 is 0 Å². The van der Waals surface area contributed by atoms with Crippen molar-refractivity contribution in [3.8, 4) is 0 Å². The molecule has 21 heavy (non-hydrogen) atoms. The predicted octanol–water partition coefficient (Wildman–Crippen LogP) is 3.14. The van der Waals surface area contributed by atoms with Crippen molar-refractivity contribution in [1.82, 2.24) is 0 Å². The fraction of sp³-hybridized carbons (Fsp3) is 0.222. The number of rotatable bonds is 2. The monoisotopic (exact) mass is 281 g/mol. The maximum Gasteiger partial charge on any atom is 0.187 e. The first-order chi connectivity index (χ1) is 10.2. The molecule has 2 aromatic carbocycles. The van der Waals surface area contributed by atoms with Crippen molar-refractivity contribution in [2.75, 3.05) is 11.9 Å². The summed E-state index contributed by atoms with van der Waals surface area (Å²) < 4.78 is 0. The Bertz CT molecular complexity index is 622. The van der Waals surface area contributed by atoms with Gasteiger partial charge in [-0.25, -0.2) is 0 Å². The molecule has 0 N–H and O–H groups in total. The maximum absolute atomic E-state index is 12.4. The third-order valence-corrected chi connectivity index (χ3v) is 3.59. The van der Waals surface area contributed by atoms with Gasteiger partial charge in [-0.15, -0.1) is 0 Å². The van der Waals surface area contributed by atoms with Crippen LogP contribution < -0.4 is 4.90 Å². The highest BCUT2D eigenvalue weighted by Gasteiger charge is 2.34. The van der Waals surface area contributed by atoms with Crippen molar-refractivity contribution in [3.05, 3.63) is 65.7 Å². The number of benzene rings is 2. The minimum atomic E-state index is -0.0650. The van der Waals surface area contributed by atoms with Crippen LogP contribution in [0.25, 0.3) is 0 Å². The largest absolute Gasteiger partial charge is 0.363 e. The van der Waals surface area contributed by atoms with Gasteiger partial charge in [-0.3, -0.25) is 4.79 Å². The van der Waals surface area contributed by atoms with E-state index in [-0.39, 0.29) is 11.8 Å². The number of likely N-dealkylation sites (N-methyl/N-ethyl adjacent to an activating group) is 1. The number of carbonyl (C=O) groups is 2. The van der Waals surface area contributed by atoms with Crippen LogP contribution in [0.5, 0.6) is 0 Å². The van der Waals surface area contributed by atoms with Gasteiger partial charge in [-0.2, -0.15) is 0 Å². The average Bonchev–Trinajstić information content (AvgIpc) is 2.75.